The zero-order chi connectivity index (χ0) is 16.8. The van der Waals surface area contributed by atoms with Crippen molar-refractivity contribution in [2.45, 2.75) is 26.4 Å². The lowest BCUT2D eigenvalue weighted by Crippen LogP contribution is -2.32. The van der Waals surface area contributed by atoms with Crippen molar-refractivity contribution in [2.24, 2.45) is 0 Å². The summed E-state index contributed by atoms with van der Waals surface area (Å²) in [5.74, 6) is 4.73. The Kier molecular flexibility index (Phi) is 5.81. The van der Waals surface area contributed by atoms with Crippen LogP contribution in [0.25, 0.3) is 0 Å². The highest BCUT2D eigenvalue weighted by Crippen LogP contribution is 2.19. The molecule has 0 heterocycles. The number of alkyl carbamates (subject to hydrolysis) is 1. The lowest BCUT2D eigenvalue weighted by molar-refractivity contribution is 0.0534. The SMILES string of the molecule is COc1cc(C#CCNC(=O)OC(C)(C)C)ccc1C(=O)O. The fraction of sp³-hybridized carbons (Fsp3) is 0.375. The van der Waals surface area contributed by atoms with Gasteiger partial charge in [0.05, 0.1) is 13.7 Å². The number of carbonyl (C=O) groups excluding carboxylic acids is 1. The van der Waals surface area contributed by atoms with Crippen LogP contribution >= 0.6 is 0 Å². The molecule has 0 fully saturated rings. The Labute approximate surface area is 129 Å². The van der Waals surface area contributed by atoms with Gasteiger partial charge in [-0.15, -0.1) is 0 Å². The van der Waals surface area contributed by atoms with Gasteiger partial charge in [0.2, 0.25) is 0 Å². The van der Waals surface area contributed by atoms with E-state index in [4.69, 9.17) is 14.6 Å². The first-order valence-electron chi connectivity index (χ1n) is 6.60. The maximum absolute atomic E-state index is 11.4. The number of amides is 1. The minimum atomic E-state index is -1.07. The fourth-order valence-corrected chi connectivity index (χ4v) is 1.52. The van der Waals surface area contributed by atoms with E-state index in [1.807, 2.05) is 0 Å². The van der Waals surface area contributed by atoms with Crippen LogP contribution in [0.1, 0.15) is 36.7 Å². The molecule has 0 bridgehead atoms. The highest BCUT2D eigenvalue weighted by molar-refractivity contribution is 5.91. The van der Waals surface area contributed by atoms with Gasteiger partial charge in [-0.1, -0.05) is 11.8 Å². The predicted molar refractivity (Wildman–Crippen MR) is 81.1 cm³/mol. The summed E-state index contributed by atoms with van der Waals surface area (Å²) in [5.41, 5.74) is 0.102. The molecule has 0 spiro atoms. The number of nitrogens with one attached hydrogen (secondary N) is 1. The Bertz CT molecular complexity index is 620. The van der Waals surface area contributed by atoms with Crippen LogP contribution in [0, 0.1) is 11.8 Å². The maximum Gasteiger partial charge on any atom is 0.408 e. The largest absolute Gasteiger partial charge is 0.496 e. The second-order valence-electron chi connectivity index (χ2n) is 5.38. The van der Waals surface area contributed by atoms with Crippen LogP contribution in [0.15, 0.2) is 18.2 Å². The molecule has 0 saturated heterocycles. The summed E-state index contributed by atoms with van der Waals surface area (Å²) in [6.45, 7) is 5.44. The van der Waals surface area contributed by atoms with Gasteiger partial charge in [0, 0.05) is 5.56 Å². The molecule has 22 heavy (non-hydrogen) atoms. The number of carbonyl (C=O) groups is 2. The third-order valence-corrected chi connectivity index (χ3v) is 2.38. The minimum absolute atomic E-state index is 0.0694. The molecule has 0 atom stereocenters. The first-order chi connectivity index (χ1) is 10.2. The third-order valence-electron chi connectivity index (χ3n) is 2.38. The molecule has 0 radical (unpaired) electrons. The summed E-state index contributed by atoms with van der Waals surface area (Å²) in [6.07, 6.45) is -0.541. The van der Waals surface area contributed by atoms with E-state index in [0.717, 1.165) is 0 Å². The third kappa shape index (κ3) is 5.75. The summed E-state index contributed by atoms with van der Waals surface area (Å²) >= 11 is 0. The van der Waals surface area contributed by atoms with Crippen molar-refractivity contribution < 1.29 is 24.2 Å². The molecule has 1 rings (SSSR count). The van der Waals surface area contributed by atoms with Crippen molar-refractivity contribution in [3.05, 3.63) is 29.3 Å². The number of ether oxygens (including phenoxy) is 2. The van der Waals surface area contributed by atoms with Crippen LogP contribution in [0.4, 0.5) is 4.79 Å². The molecule has 1 aromatic rings. The van der Waals surface area contributed by atoms with E-state index >= 15 is 0 Å². The number of benzene rings is 1. The van der Waals surface area contributed by atoms with E-state index in [1.54, 1.807) is 26.8 Å². The van der Waals surface area contributed by atoms with Crippen LogP contribution in [0.3, 0.4) is 0 Å². The Hall–Kier alpha value is -2.68. The molecule has 0 aliphatic carbocycles. The van der Waals surface area contributed by atoms with Crippen LogP contribution < -0.4 is 10.1 Å². The Morgan fingerprint density at radius 3 is 2.55 bits per heavy atom. The molecule has 0 unspecified atom stereocenters. The molecule has 1 aromatic carbocycles. The van der Waals surface area contributed by atoms with Crippen molar-refractivity contribution in [2.75, 3.05) is 13.7 Å². The molecule has 6 heteroatoms. The first kappa shape index (κ1) is 17.4. The van der Waals surface area contributed by atoms with Crippen LogP contribution in [-0.4, -0.2) is 36.4 Å². The second-order valence-corrected chi connectivity index (χ2v) is 5.38. The van der Waals surface area contributed by atoms with Crippen molar-refractivity contribution in [1.82, 2.24) is 5.32 Å². The van der Waals surface area contributed by atoms with Gasteiger partial charge in [0.1, 0.15) is 16.9 Å². The van der Waals surface area contributed by atoms with Crippen LogP contribution in [0.5, 0.6) is 5.75 Å². The van der Waals surface area contributed by atoms with Crippen molar-refractivity contribution in [3.8, 4) is 17.6 Å². The average molecular weight is 305 g/mol. The smallest absolute Gasteiger partial charge is 0.408 e. The monoisotopic (exact) mass is 305 g/mol. The van der Waals surface area contributed by atoms with Crippen molar-refractivity contribution in [3.63, 3.8) is 0 Å². The molecule has 118 valence electrons. The molecule has 2 N–H and O–H groups in total. The molecule has 0 aliphatic rings. The Morgan fingerprint density at radius 2 is 2.00 bits per heavy atom. The molecule has 0 aliphatic heterocycles. The maximum atomic E-state index is 11.4. The van der Waals surface area contributed by atoms with Gasteiger partial charge in [0.25, 0.3) is 0 Å². The highest BCUT2D eigenvalue weighted by atomic mass is 16.6. The topological polar surface area (TPSA) is 84.9 Å². The summed E-state index contributed by atoms with van der Waals surface area (Å²) in [7, 11) is 1.39. The highest BCUT2D eigenvalue weighted by Gasteiger charge is 2.15. The Morgan fingerprint density at radius 1 is 1.32 bits per heavy atom. The summed E-state index contributed by atoms with van der Waals surface area (Å²) < 4.78 is 10.1. The molecule has 6 nitrogen and oxygen atoms in total. The van der Waals surface area contributed by atoms with E-state index in [1.165, 1.54) is 19.2 Å². The van der Waals surface area contributed by atoms with Gasteiger partial charge in [-0.05, 0) is 39.0 Å². The van der Waals surface area contributed by atoms with Gasteiger partial charge < -0.3 is 19.9 Å². The predicted octanol–water partition coefficient (Wildman–Crippen LogP) is 2.27. The van der Waals surface area contributed by atoms with Gasteiger partial charge in [-0.2, -0.15) is 0 Å². The molecule has 0 saturated carbocycles. The number of rotatable bonds is 3. The zero-order valence-electron chi connectivity index (χ0n) is 13.0. The van der Waals surface area contributed by atoms with Crippen molar-refractivity contribution >= 4 is 12.1 Å². The van der Waals surface area contributed by atoms with E-state index in [-0.39, 0.29) is 17.9 Å². The number of methoxy groups -OCH3 is 1. The number of carboxylic acids is 1. The van der Waals surface area contributed by atoms with Crippen LogP contribution in [0.2, 0.25) is 0 Å². The minimum Gasteiger partial charge on any atom is -0.496 e. The van der Waals surface area contributed by atoms with Gasteiger partial charge in [0.15, 0.2) is 0 Å². The van der Waals surface area contributed by atoms with Gasteiger partial charge in [-0.3, -0.25) is 0 Å². The van der Waals surface area contributed by atoms with E-state index in [2.05, 4.69) is 17.2 Å². The summed E-state index contributed by atoms with van der Waals surface area (Å²) in [4.78, 5) is 22.4. The van der Waals surface area contributed by atoms with E-state index < -0.39 is 17.7 Å². The normalized spacial score (nSPS) is 10.2. The van der Waals surface area contributed by atoms with E-state index in [0.29, 0.717) is 5.56 Å². The van der Waals surface area contributed by atoms with Gasteiger partial charge in [-0.25, -0.2) is 9.59 Å². The van der Waals surface area contributed by atoms with Crippen molar-refractivity contribution in [1.29, 1.82) is 0 Å². The molecule has 0 aromatic heterocycles. The summed E-state index contributed by atoms with van der Waals surface area (Å²) in [5, 5.41) is 11.5. The first-order valence-corrected chi connectivity index (χ1v) is 6.60. The summed E-state index contributed by atoms with van der Waals surface area (Å²) in [6, 6.07) is 4.53. The average Bonchev–Trinajstić information content (AvgIpc) is 2.41. The second kappa shape index (κ2) is 7.36. The molecule has 1 amide bonds. The lowest BCUT2D eigenvalue weighted by Gasteiger charge is -2.19. The molecular formula is C16H19NO5. The fourth-order valence-electron chi connectivity index (χ4n) is 1.52. The standard InChI is InChI=1S/C16H19NO5/c1-16(2,3)22-15(20)17-9-5-6-11-7-8-12(14(18)19)13(10-11)21-4/h7-8,10H,9H2,1-4H3,(H,17,20)(H,18,19). The number of carboxylic acid groups (broad SMARTS) is 1. The van der Waals surface area contributed by atoms with Crippen LogP contribution in [-0.2, 0) is 4.74 Å². The van der Waals surface area contributed by atoms with Gasteiger partial charge >= 0.3 is 12.1 Å². The molecular weight excluding hydrogens is 286 g/mol. The quantitative estimate of drug-likeness (QED) is 0.837. The lowest BCUT2D eigenvalue weighted by atomic mass is 10.1. The Balaban J connectivity index is 2.66. The number of hydrogen-bond donors (Lipinski definition) is 2. The number of aromatic carboxylic acids is 1. The van der Waals surface area contributed by atoms with E-state index in [9.17, 15) is 9.59 Å². The zero-order valence-corrected chi connectivity index (χ0v) is 13.0. The number of hydrogen-bond acceptors (Lipinski definition) is 4.